The van der Waals surface area contributed by atoms with Gasteiger partial charge in [0.2, 0.25) is 12.3 Å². The summed E-state index contributed by atoms with van der Waals surface area (Å²) < 4.78 is 33.8. The summed E-state index contributed by atoms with van der Waals surface area (Å²) >= 11 is 6.42. The number of hydrogen-bond acceptors (Lipinski definition) is 11. The van der Waals surface area contributed by atoms with Gasteiger partial charge in [-0.2, -0.15) is 0 Å². The molecule has 2 saturated heterocycles. The number of aromatic nitrogens is 4. The van der Waals surface area contributed by atoms with Crippen LogP contribution in [0.4, 0.5) is 31.7 Å². The molecule has 0 radical (unpaired) electrons. The summed E-state index contributed by atoms with van der Waals surface area (Å²) in [5.74, 6) is -3.65. The van der Waals surface area contributed by atoms with Crippen LogP contribution in [0.3, 0.4) is 0 Å². The highest BCUT2D eigenvalue weighted by molar-refractivity contribution is 6.33. The molecule has 0 saturated carbocycles. The fourth-order valence-electron chi connectivity index (χ4n) is 8.91. The molecular weight excluding hydrogens is 808 g/mol. The Labute approximate surface area is 355 Å². The van der Waals surface area contributed by atoms with Crippen LogP contribution in [0.15, 0.2) is 67.0 Å². The number of likely N-dealkylation sites (tertiary alicyclic amines) is 2. The molecule has 1 spiro atoms. The second kappa shape index (κ2) is 16.7. The van der Waals surface area contributed by atoms with Gasteiger partial charge in [0.05, 0.1) is 34.8 Å². The molecule has 4 N–H and O–H groups in total. The Morgan fingerprint density at radius 3 is 2.49 bits per heavy atom. The number of imidazole rings is 1. The standard InChI is InChI=1S/C43H46ClF2N11O4/c1-48-33-21-37(52-57-36(39(47)60)23-50-40(33)57)56-16-10-30-29(4-3-5-34(30)56)32-9-6-27(22-49-32)24-54-17-12-42(43(45,46)25-54)13-18-55(19-14-42)41(61)28-7-8-31(44)35(20-28)53(2)15-11-38(59)51-26-58/h3-9,20-23,26,48H,10-19,24-25H2,1-2H3,(H2,47,60)(H,51,58,59). The van der Waals surface area contributed by atoms with Gasteiger partial charge in [-0.15, -0.1) is 5.10 Å². The van der Waals surface area contributed by atoms with Crippen molar-refractivity contribution in [2.75, 3.05) is 68.5 Å². The van der Waals surface area contributed by atoms with Crippen molar-refractivity contribution >= 4 is 64.3 Å². The predicted octanol–water partition coefficient (Wildman–Crippen LogP) is 5.14. The number of anilines is 4. The number of pyridine rings is 1. The molecule has 3 aliphatic heterocycles. The molecule has 15 nitrogen and oxygen atoms in total. The number of rotatable bonds is 12. The van der Waals surface area contributed by atoms with Gasteiger partial charge in [-0.1, -0.05) is 29.8 Å². The van der Waals surface area contributed by atoms with E-state index in [4.69, 9.17) is 27.4 Å². The number of benzene rings is 2. The molecule has 3 aliphatic rings. The average molecular weight is 854 g/mol. The lowest BCUT2D eigenvalue weighted by Gasteiger charge is -2.51. The maximum absolute atomic E-state index is 16.2. The second-order valence-corrected chi connectivity index (χ2v) is 16.3. The van der Waals surface area contributed by atoms with Crippen molar-refractivity contribution in [1.82, 2.24) is 34.7 Å². The minimum Gasteiger partial charge on any atom is -0.385 e. The summed E-state index contributed by atoms with van der Waals surface area (Å²) in [7, 11) is 3.51. The molecule has 0 aliphatic carbocycles. The summed E-state index contributed by atoms with van der Waals surface area (Å²) in [4.78, 5) is 64.3. The highest BCUT2D eigenvalue weighted by Crippen LogP contribution is 2.51. The van der Waals surface area contributed by atoms with Gasteiger partial charge < -0.3 is 25.8 Å². The molecule has 0 bridgehead atoms. The van der Waals surface area contributed by atoms with Crippen molar-refractivity contribution in [3.63, 3.8) is 0 Å². The maximum atomic E-state index is 16.2. The fraction of sp³-hybridized carbons (Fsp3) is 0.372. The van der Waals surface area contributed by atoms with E-state index in [0.29, 0.717) is 65.9 Å². The highest BCUT2D eigenvalue weighted by Gasteiger charge is 2.57. The molecule has 18 heteroatoms. The number of nitrogens with two attached hydrogens (primary N) is 1. The van der Waals surface area contributed by atoms with Gasteiger partial charge in [-0.05, 0) is 73.7 Å². The number of hydrogen-bond donors (Lipinski definition) is 3. The first-order valence-corrected chi connectivity index (χ1v) is 20.5. The van der Waals surface area contributed by atoms with Crippen LogP contribution < -0.4 is 26.2 Å². The van der Waals surface area contributed by atoms with Crippen molar-refractivity contribution in [2.45, 2.75) is 44.6 Å². The Morgan fingerprint density at radius 2 is 1.79 bits per heavy atom. The van der Waals surface area contributed by atoms with Crippen LogP contribution in [0.5, 0.6) is 0 Å². The zero-order chi connectivity index (χ0) is 43.1. The predicted molar refractivity (Wildman–Crippen MR) is 227 cm³/mol. The van der Waals surface area contributed by atoms with E-state index in [2.05, 4.69) is 20.5 Å². The van der Waals surface area contributed by atoms with Crippen LogP contribution in [0.1, 0.15) is 57.7 Å². The number of imide groups is 1. The van der Waals surface area contributed by atoms with E-state index in [1.165, 1.54) is 10.7 Å². The van der Waals surface area contributed by atoms with Crippen molar-refractivity contribution in [3.05, 3.63) is 94.4 Å². The molecule has 0 unspecified atom stereocenters. The SMILES string of the molecule is CNc1cc(N2CCc3c(-c4ccc(CN5CCC6(CCN(C(=O)c7ccc(Cl)c(N(C)CCC(=O)NC=O)c7)CC6)C(F)(F)C5)cn4)cccc32)nn2c(C(N)=O)cnc12. The molecule has 2 fully saturated rings. The molecule has 8 rings (SSSR count). The lowest BCUT2D eigenvalue weighted by Crippen LogP contribution is -2.59. The summed E-state index contributed by atoms with van der Waals surface area (Å²) in [6.45, 7) is 1.80. The molecule has 318 valence electrons. The van der Waals surface area contributed by atoms with Crippen molar-refractivity contribution < 1.29 is 28.0 Å². The number of nitrogens with one attached hydrogen (secondary N) is 2. The highest BCUT2D eigenvalue weighted by atomic mass is 35.5. The molecular formula is C43H46ClF2N11O4. The van der Waals surface area contributed by atoms with Crippen LogP contribution in [0.25, 0.3) is 16.9 Å². The second-order valence-electron chi connectivity index (χ2n) is 15.9. The first-order chi connectivity index (χ1) is 29.3. The van der Waals surface area contributed by atoms with E-state index in [1.807, 2.05) is 36.4 Å². The number of piperidine rings is 2. The number of amides is 4. The van der Waals surface area contributed by atoms with Crippen molar-refractivity contribution in [2.24, 2.45) is 11.1 Å². The molecule has 0 atom stereocenters. The molecule has 2 aromatic carbocycles. The summed E-state index contributed by atoms with van der Waals surface area (Å²) in [5, 5.41) is 10.4. The number of fused-ring (bicyclic) bond motifs is 2. The van der Waals surface area contributed by atoms with E-state index < -0.39 is 23.2 Å². The third-order valence-corrected chi connectivity index (χ3v) is 12.7. The zero-order valence-corrected chi connectivity index (χ0v) is 34.6. The van der Waals surface area contributed by atoms with Crippen LogP contribution in [-0.4, -0.2) is 113 Å². The molecule has 61 heavy (non-hydrogen) atoms. The summed E-state index contributed by atoms with van der Waals surface area (Å²) in [6, 6.07) is 16.7. The number of primary amides is 1. The molecule has 6 heterocycles. The van der Waals surface area contributed by atoms with Gasteiger partial charge in [0.25, 0.3) is 17.7 Å². The van der Waals surface area contributed by atoms with Crippen molar-refractivity contribution in [3.8, 4) is 11.3 Å². The van der Waals surface area contributed by atoms with E-state index in [0.717, 1.165) is 34.5 Å². The van der Waals surface area contributed by atoms with Gasteiger partial charge in [-0.3, -0.25) is 34.4 Å². The Hall–Kier alpha value is -6.20. The van der Waals surface area contributed by atoms with Gasteiger partial charge >= 0.3 is 0 Å². The smallest absolute Gasteiger partial charge is 0.269 e. The first kappa shape index (κ1) is 41.5. The lowest BCUT2D eigenvalue weighted by molar-refractivity contribution is -0.186. The molecule has 5 aromatic rings. The average Bonchev–Trinajstić information content (AvgIpc) is 3.90. The lowest BCUT2D eigenvalue weighted by atomic mass is 9.68. The quantitative estimate of drug-likeness (QED) is 0.142. The fourth-order valence-corrected chi connectivity index (χ4v) is 9.17. The van der Waals surface area contributed by atoms with Crippen LogP contribution in [0.2, 0.25) is 5.02 Å². The number of carbonyl (C=O) groups excluding carboxylic acids is 4. The zero-order valence-electron chi connectivity index (χ0n) is 33.8. The van der Waals surface area contributed by atoms with Gasteiger partial charge in [0.1, 0.15) is 5.69 Å². The van der Waals surface area contributed by atoms with Crippen LogP contribution in [0, 0.1) is 5.41 Å². The number of nitrogens with zero attached hydrogens (tertiary/aromatic N) is 8. The normalized spacial score (nSPS) is 17.0. The van der Waals surface area contributed by atoms with E-state index >= 15 is 8.78 Å². The maximum Gasteiger partial charge on any atom is 0.269 e. The Morgan fingerprint density at radius 1 is 1.00 bits per heavy atom. The van der Waals surface area contributed by atoms with Gasteiger partial charge in [0, 0.05) is 87.7 Å². The monoisotopic (exact) mass is 853 g/mol. The minimum atomic E-state index is -2.96. The molecule has 4 amide bonds. The van der Waals surface area contributed by atoms with Crippen molar-refractivity contribution in [1.29, 1.82) is 0 Å². The van der Waals surface area contributed by atoms with Crippen LogP contribution in [-0.2, 0) is 22.6 Å². The van der Waals surface area contributed by atoms with Gasteiger partial charge in [-0.25, -0.2) is 18.3 Å². The minimum absolute atomic E-state index is 0.0517. The number of halogens is 3. The summed E-state index contributed by atoms with van der Waals surface area (Å²) in [5.41, 5.74) is 11.4. The summed E-state index contributed by atoms with van der Waals surface area (Å²) in [6.07, 6.45) is 5.00. The molecule has 3 aromatic heterocycles. The Bertz CT molecular complexity index is 2510. The van der Waals surface area contributed by atoms with Gasteiger partial charge in [0.15, 0.2) is 11.5 Å². The number of carbonyl (C=O) groups is 4. The van der Waals surface area contributed by atoms with E-state index in [-0.39, 0.29) is 57.0 Å². The van der Waals surface area contributed by atoms with E-state index in [1.54, 1.807) is 53.2 Å². The third-order valence-electron chi connectivity index (χ3n) is 12.4. The largest absolute Gasteiger partial charge is 0.385 e. The first-order valence-electron chi connectivity index (χ1n) is 20.2. The van der Waals surface area contributed by atoms with Crippen LogP contribution >= 0.6 is 11.6 Å². The Kier molecular flexibility index (Phi) is 11.4. The van der Waals surface area contributed by atoms with E-state index in [9.17, 15) is 19.2 Å². The Balaban J connectivity index is 0.892. The number of alkyl halides is 2. The topological polar surface area (TPSA) is 174 Å². The third kappa shape index (κ3) is 7.94.